The summed E-state index contributed by atoms with van der Waals surface area (Å²) in [5, 5.41) is 0. The standard InChI is InChI=1S/C5H2Cl2F8/c6-2(7,1-3(8,9)10)4(11,12)5(13,14)15/h1H2. The summed E-state index contributed by atoms with van der Waals surface area (Å²) in [5.41, 5.74) is 0. The maximum Gasteiger partial charge on any atom is 0.456 e. The van der Waals surface area contributed by atoms with Gasteiger partial charge in [-0.1, -0.05) is 23.2 Å². The van der Waals surface area contributed by atoms with Crippen LogP contribution in [0.15, 0.2) is 0 Å². The fourth-order valence-electron chi connectivity index (χ4n) is 0.570. The molecular formula is C5H2Cl2F8. The van der Waals surface area contributed by atoms with Crippen LogP contribution in [0.3, 0.4) is 0 Å². The Hall–Kier alpha value is 0.0200. The lowest BCUT2D eigenvalue weighted by molar-refractivity contribution is -0.294. The molecule has 0 aromatic heterocycles. The zero-order chi connectivity index (χ0) is 12.7. The molecule has 0 nitrogen and oxygen atoms in total. The SMILES string of the molecule is FC(F)(F)CC(Cl)(Cl)C(F)(F)C(F)(F)F. The molecule has 0 amide bonds. The van der Waals surface area contributed by atoms with Gasteiger partial charge in [-0.05, 0) is 0 Å². The van der Waals surface area contributed by atoms with Crippen LogP contribution in [-0.4, -0.2) is 22.6 Å². The fourth-order valence-corrected chi connectivity index (χ4v) is 1.09. The summed E-state index contributed by atoms with van der Waals surface area (Å²) in [6.07, 6.45) is -14.3. The molecule has 10 heteroatoms. The largest absolute Gasteiger partial charge is 0.456 e. The maximum atomic E-state index is 12.3. The second kappa shape index (κ2) is 3.80. The molecule has 0 spiro atoms. The van der Waals surface area contributed by atoms with E-state index in [2.05, 4.69) is 23.2 Å². The Labute approximate surface area is 88.1 Å². The molecule has 0 heterocycles. The minimum Gasteiger partial charge on any atom is -0.193 e. The van der Waals surface area contributed by atoms with E-state index in [1.165, 1.54) is 0 Å². The topological polar surface area (TPSA) is 0 Å². The van der Waals surface area contributed by atoms with Gasteiger partial charge in [0.25, 0.3) is 0 Å². The molecule has 0 aliphatic rings. The molecule has 0 atom stereocenters. The molecule has 0 bridgehead atoms. The molecule has 0 N–H and O–H groups in total. The van der Waals surface area contributed by atoms with E-state index < -0.39 is 29.0 Å². The summed E-state index contributed by atoms with van der Waals surface area (Å²) in [4.78, 5) is 0. The first-order valence-corrected chi connectivity index (χ1v) is 3.85. The molecule has 15 heavy (non-hydrogen) atoms. The lowest BCUT2D eigenvalue weighted by Gasteiger charge is -2.31. The van der Waals surface area contributed by atoms with Gasteiger partial charge in [0.15, 0.2) is 4.33 Å². The van der Waals surface area contributed by atoms with E-state index in [0.717, 1.165) is 0 Å². The molecule has 0 fully saturated rings. The van der Waals surface area contributed by atoms with E-state index in [9.17, 15) is 35.1 Å². The van der Waals surface area contributed by atoms with Crippen LogP contribution < -0.4 is 0 Å². The number of alkyl halides is 10. The van der Waals surface area contributed by atoms with Gasteiger partial charge in [0.2, 0.25) is 0 Å². The minimum atomic E-state index is -6.25. The first-order valence-electron chi connectivity index (χ1n) is 3.10. The van der Waals surface area contributed by atoms with E-state index in [-0.39, 0.29) is 0 Å². The van der Waals surface area contributed by atoms with Crippen molar-refractivity contribution < 1.29 is 35.1 Å². The zero-order valence-electron chi connectivity index (χ0n) is 6.49. The molecule has 0 radical (unpaired) electrons. The van der Waals surface area contributed by atoms with Crippen LogP contribution in [0.25, 0.3) is 0 Å². The van der Waals surface area contributed by atoms with Gasteiger partial charge in [-0.25, -0.2) is 0 Å². The Bertz CT molecular complexity index is 226. The third-order valence-corrected chi connectivity index (χ3v) is 1.98. The van der Waals surface area contributed by atoms with Gasteiger partial charge in [0, 0.05) is 0 Å². The van der Waals surface area contributed by atoms with Gasteiger partial charge >= 0.3 is 18.3 Å². The van der Waals surface area contributed by atoms with Gasteiger partial charge in [0.1, 0.15) is 0 Å². The van der Waals surface area contributed by atoms with Crippen molar-refractivity contribution in [1.82, 2.24) is 0 Å². The summed E-state index contributed by atoms with van der Waals surface area (Å²) in [6, 6.07) is 0. The predicted molar refractivity (Wildman–Crippen MR) is 36.1 cm³/mol. The highest BCUT2D eigenvalue weighted by atomic mass is 35.5. The number of rotatable bonds is 2. The van der Waals surface area contributed by atoms with Crippen LogP contribution in [0, 0.1) is 0 Å². The molecule has 0 saturated heterocycles. The first-order chi connectivity index (χ1) is 6.21. The van der Waals surface area contributed by atoms with Crippen molar-refractivity contribution in [1.29, 1.82) is 0 Å². The Morgan fingerprint density at radius 2 is 1.07 bits per heavy atom. The number of hydrogen-bond acceptors (Lipinski definition) is 0. The van der Waals surface area contributed by atoms with Gasteiger partial charge in [0.05, 0.1) is 6.42 Å². The zero-order valence-corrected chi connectivity index (χ0v) is 8.00. The smallest absolute Gasteiger partial charge is 0.193 e. The number of halogens is 10. The third kappa shape index (κ3) is 3.51. The Morgan fingerprint density at radius 1 is 0.733 bits per heavy atom. The van der Waals surface area contributed by atoms with Crippen molar-refractivity contribution in [2.75, 3.05) is 0 Å². The second-order valence-electron chi connectivity index (χ2n) is 2.57. The van der Waals surface area contributed by atoms with Crippen molar-refractivity contribution in [3.8, 4) is 0 Å². The Balaban J connectivity index is 5.03. The maximum absolute atomic E-state index is 12.3. The monoisotopic (exact) mass is 284 g/mol. The Kier molecular flexibility index (Phi) is 3.80. The lowest BCUT2D eigenvalue weighted by Crippen LogP contribution is -2.52. The molecule has 0 saturated carbocycles. The van der Waals surface area contributed by atoms with Gasteiger partial charge in [-0.15, -0.1) is 0 Å². The highest BCUT2D eigenvalue weighted by Gasteiger charge is 2.71. The van der Waals surface area contributed by atoms with Crippen LogP contribution in [0.5, 0.6) is 0 Å². The summed E-state index contributed by atoms with van der Waals surface area (Å²) < 4.78 is 90.1. The highest BCUT2D eigenvalue weighted by molar-refractivity contribution is 6.49. The normalized spacial score (nSPS) is 15.6. The summed E-state index contributed by atoms with van der Waals surface area (Å²) >= 11 is 8.75. The molecule has 0 unspecified atom stereocenters. The molecule has 0 aliphatic carbocycles. The van der Waals surface area contributed by atoms with E-state index in [1.54, 1.807) is 0 Å². The quantitative estimate of drug-likeness (QED) is 0.524. The van der Waals surface area contributed by atoms with E-state index in [1.807, 2.05) is 0 Å². The van der Waals surface area contributed by atoms with Crippen LogP contribution in [0.1, 0.15) is 6.42 Å². The van der Waals surface area contributed by atoms with Crippen LogP contribution >= 0.6 is 23.2 Å². The van der Waals surface area contributed by atoms with E-state index >= 15 is 0 Å². The third-order valence-electron chi connectivity index (χ3n) is 1.24. The van der Waals surface area contributed by atoms with Crippen LogP contribution in [0.2, 0.25) is 0 Å². The molecule has 0 aromatic rings. The molecule has 0 aliphatic heterocycles. The van der Waals surface area contributed by atoms with Gasteiger partial charge in [-0.3, -0.25) is 0 Å². The Morgan fingerprint density at radius 3 is 1.27 bits per heavy atom. The van der Waals surface area contributed by atoms with Crippen molar-refractivity contribution in [2.24, 2.45) is 0 Å². The molecule has 92 valence electrons. The van der Waals surface area contributed by atoms with Crippen molar-refractivity contribution >= 4 is 23.2 Å². The summed E-state index contributed by atoms with van der Waals surface area (Å²) in [5.74, 6) is -5.85. The second-order valence-corrected chi connectivity index (χ2v) is 4.05. The van der Waals surface area contributed by atoms with Crippen LogP contribution in [-0.2, 0) is 0 Å². The van der Waals surface area contributed by atoms with E-state index in [0.29, 0.717) is 0 Å². The van der Waals surface area contributed by atoms with Crippen molar-refractivity contribution in [3.63, 3.8) is 0 Å². The summed E-state index contributed by atoms with van der Waals surface area (Å²) in [6.45, 7) is 0. The first kappa shape index (κ1) is 15.0. The lowest BCUT2D eigenvalue weighted by atomic mass is 10.1. The molecular weight excluding hydrogens is 283 g/mol. The molecule has 0 rings (SSSR count). The number of hydrogen-bond donors (Lipinski definition) is 0. The van der Waals surface area contributed by atoms with Gasteiger partial charge < -0.3 is 0 Å². The average Bonchev–Trinajstić information content (AvgIpc) is 1.77. The van der Waals surface area contributed by atoms with Gasteiger partial charge in [-0.2, -0.15) is 35.1 Å². The highest BCUT2D eigenvalue weighted by Crippen LogP contribution is 2.53. The average molecular weight is 285 g/mol. The fraction of sp³-hybridized carbons (Fsp3) is 1.00. The van der Waals surface area contributed by atoms with Crippen LogP contribution in [0.4, 0.5) is 35.1 Å². The van der Waals surface area contributed by atoms with Crippen molar-refractivity contribution in [3.05, 3.63) is 0 Å². The van der Waals surface area contributed by atoms with E-state index in [4.69, 9.17) is 0 Å². The minimum absolute atomic E-state index is 2.67. The van der Waals surface area contributed by atoms with Crippen molar-refractivity contribution in [2.45, 2.75) is 29.0 Å². The predicted octanol–water partition coefficient (Wildman–Crippen LogP) is 4.31. The summed E-state index contributed by atoms with van der Waals surface area (Å²) in [7, 11) is 0. The molecule has 0 aromatic carbocycles.